The largest absolute Gasteiger partial charge is 0.339 e. The Bertz CT molecular complexity index is 577. The first-order chi connectivity index (χ1) is 9.83. The number of hydrogen-bond donors (Lipinski definition) is 0. The number of rotatable bonds is 4. The minimum Gasteiger partial charge on any atom is -0.339 e. The average molecular weight is 288 g/mol. The zero-order valence-corrected chi connectivity index (χ0v) is 11.9. The van der Waals surface area contributed by atoms with Gasteiger partial charge < -0.3 is 4.52 Å². The van der Waals surface area contributed by atoms with Gasteiger partial charge in [0.25, 0.3) is 0 Å². The van der Waals surface area contributed by atoms with Gasteiger partial charge in [-0.2, -0.15) is 16.7 Å². The zero-order valence-electron chi connectivity index (χ0n) is 11.1. The van der Waals surface area contributed by atoms with Crippen LogP contribution in [0.3, 0.4) is 0 Å². The van der Waals surface area contributed by atoms with Crippen LogP contribution in [0.4, 0.5) is 0 Å². The van der Waals surface area contributed by atoms with E-state index < -0.39 is 0 Å². The molecule has 0 saturated carbocycles. The molecule has 0 spiro atoms. The fraction of sp³-hybridized carbons (Fsp3) is 0.400. The lowest BCUT2D eigenvalue weighted by atomic mass is 10.1. The van der Waals surface area contributed by atoms with Gasteiger partial charge >= 0.3 is 0 Å². The van der Waals surface area contributed by atoms with Gasteiger partial charge in [0.1, 0.15) is 0 Å². The molecule has 1 aliphatic heterocycles. The van der Waals surface area contributed by atoms with Crippen molar-refractivity contribution in [2.45, 2.75) is 30.9 Å². The van der Waals surface area contributed by atoms with Crippen LogP contribution in [0.15, 0.2) is 34.9 Å². The van der Waals surface area contributed by atoms with E-state index in [2.05, 4.69) is 10.1 Å². The molecule has 0 aliphatic carbocycles. The lowest BCUT2D eigenvalue weighted by molar-refractivity contribution is 0.0983. The van der Waals surface area contributed by atoms with Crippen LogP contribution in [-0.2, 0) is 6.42 Å². The first-order valence-electron chi connectivity index (χ1n) is 6.85. The van der Waals surface area contributed by atoms with E-state index in [4.69, 9.17) is 4.52 Å². The summed E-state index contributed by atoms with van der Waals surface area (Å²) in [6, 6.07) is 9.20. The third kappa shape index (κ3) is 3.10. The maximum atomic E-state index is 12.1. The van der Waals surface area contributed by atoms with Gasteiger partial charge in [0.2, 0.25) is 5.89 Å². The van der Waals surface area contributed by atoms with Gasteiger partial charge in [0.05, 0.1) is 11.7 Å². The predicted molar refractivity (Wildman–Crippen MR) is 77.8 cm³/mol. The summed E-state index contributed by atoms with van der Waals surface area (Å²) in [4.78, 5) is 16.4. The molecule has 0 bridgehead atoms. The first-order valence-corrected chi connectivity index (χ1v) is 7.90. The third-order valence-electron chi connectivity index (χ3n) is 3.36. The Morgan fingerprint density at radius 3 is 2.90 bits per heavy atom. The highest BCUT2D eigenvalue weighted by atomic mass is 32.2. The SMILES string of the molecule is O=C(Cc1nc(C2CCCCS2)no1)c1ccccc1. The molecule has 1 fully saturated rings. The summed E-state index contributed by atoms with van der Waals surface area (Å²) >= 11 is 1.87. The Morgan fingerprint density at radius 2 is 2.15 bits per heavy atom. The van der Waals surface area contributed by atoms with Crippen LogP contribution in [0.25, 0.3) is 0 Å². The average Bonchev–Trinajstić information content (AvgIpc) is 2.97. The molecule has 1 saturated heterocycles. The Hall–Kier alpha value is -1.62. The summed E-state index contributed by atoms with van der Waals surface area (Å²) in [6.45, 7) is 0. The lowest BCUT2D eigenvalue weighted by Crippen LogP contribution is -2.05. The number of Topliss-reactive ketones (excluding diaryl/α,β-unsaturated/α-hetero) is 1. The molecule has 1 atom stereocenters. The number of carbonyl (C=O) groups excluding carboxylic acids is 1. The summed E-state index contributed by atoms with van der Waals surface area (Å²) in [6.07, 6.45) is 3.74. The zero-order chi connectivity index (χ0) is 13.8. The molecule has 1 aromatic carbocycles. The van der Waals surface area contributed by atoms with E-state index in [1.165, 1.54) is 12.8 Å². The van der Waals surface area contributed by atoms with Gasteiger partial charge in [-0.05, 0) is 18.6 Å². The molecule has 1 unspecified atom stereocenters. The highest BCUT2D eigenvalue weighted by Crippen LogP contribution is 2.36. The smallest absolute Gasteiger partial charge is 0.234 e. The van der Waals surface area contributed by atoms with E-state index in [-0.39, 0.29) is 12.2 Å². The van der Waals surface area contributed by atoms with Gasteiger partial charge in [0, 0.05) is 5.56 Å². The Labute approximate surface area is 122 Å². The molecule has 20 heavy (non-hydrogen) atoms. The first kappa shape index (κ1) is 13.4. The van der Waals surface area contributed by atoms with Crippen LogP contribution in [0.5, 0.6) is 0 Å². The molecule has 2 heterocycles. The van der Waals surface area contributed by atoms with E-state index in [0.29, 0.717) is 16.7 Å². The third-order valence-corrected chi connectivity index (χ3v) is 4.73. The van der Waals surface area contributed by atoms with Crippen LogP contribution in [0.1, 0.15) is 46.6 Å². The summed E-state index contributed by atoms with van der Waals surface area (Å²) in [5.41, 5.74) is 0.680. The van der Waals surface area contributed by atoms with Crippen molar-refractivity contribution >= 4 is 17.5 Å². The number of carbonyl (C=O) groups is 1. The normalized spacial score (nSPS) is 18.9. The minimum atomic E-state index is 0.0112. The Balaban J connectivity index is 1.66. The molecule has 0 amide bonds. The van der Waals surface area contributed by atoms with Crippen molar-refractivity contribution in [3.05, 3.63) is 47.6 Å². The number of aromatic nitrogens is 2. The fourth-order valence-electron chi connectivity index (χ4n) is 2.28. The molecule has 1 aromatic heterocycles. The molecule has 0 N–H and O–H groups in total. The van der Waals surface area contributed by atoms with Gasteiger partial charge in [-0.25, -0.2) is 0 Å². The molecule has 2 aromatic rings. The van der Waals surface area contributed by atoms with Crippen LogP contribution in [0.2, 0.25) is 0 Å². The van der Waals surface area contributed by atoms with E-state index in [0.717, 1.165) is 18.0 Å². The maximum absolute atomic E-state index is 12.1. The minimum absolute atomic E-state index is 0.0112. The fourth-order valence-corrected chi connectivity index (χ4v) is 3.51. The molecule has 3 rings (SSSR count). The van der Waals surface area contributed by atoms with Gasteiger partial charge in [-0.1, -0.05) is 41.9 Å². The highest BCUT2D eigenvalue weighted by molar-refractivity contribution is 7.99. The molecular weight excluding hydrogens is 272 g/mol. The van der Waals surface area contributed by atoms with Crippen LogP contribution < -0.4 is 0 Å². The van der Waals surface area contributed by atoms with E-state index in [9.17, 15) is 4.79 Å². The molecule has 4 nitrogen and oxygen atoms in total. The summed E-state index contributed by atoms with van der Waals surface area (Å²) < 4.78 is 5.21. The van der Waals surface area contributed by atoms with Crippen molar-refractivity contribution in [3.63, 3.8) is 0 Å². The summed E-state index contributed by atoms with van der Waals surface area (Å²) in [5.74, 6) is 2.32. The maximum Gasteiger partial charge on any atom is 0.234 e. The van der Waals surface area contributed by atoms with E-state index >= 15 is 0 Å². The van der Waals surface area contributed by atoms with E-state index in [1.807, 2.05) is 30.0 Å². The van der Waals surface area contributed by atoms with Gasteiger partial charge in [0.15, 0.2) is 11.6 Å². The van der Waals surface area contributed by atoms with Crippen molar-refractivity contribution in [1.82, 2.24) is 10.1 Å². The Morgan fingerprint density at radius 1 is 1.30 bits per heavy atom. The summed E-state index contributed by atoms with van der Waals surface area (Å²) in [5, 5.41) is 4.35. The second-order valence-corrected chi connectivity index (χ2v) is 6.18. The number of ketones is 1. The standard InChI is InChI=1S/C15H16N2O2S/c18-12(11-6-2-1-3-7-11)10-14-16-15(17-19-14)13-8-4-5-9-20-13/h1-3,6-7,13H,4-5,8-10H2. The lowest BCUT2D eigenvalue weighted by Gasteiger charge is -2.17. The van der Waals surface area contributed by atoms with Crippen LogP contribution >= 0.6 is 11.8 Å². The van der Waals surface area contributed by atoms with Crippen LogP contribution in [0, 0.1) is 0 Å². The number of nitrogens with zero attached hydrogens (tertiary/aromatic N) is 2. The molecule has 1 aliphatic rings. The van der Waals surface area contributed by atoms with Crippen molar-refractivity contribution in [1.29, 1.82) is 0 Å². The van der Waals surface area contributed by atoms with Crippen molar-refractivity contribution in [3.8, 4) is 0 Å². The predicted octanol–water partition coefficient (Wildman–Crippen LogP) is 3.45. The second kappa shape index (κ2) is 6.22. The van der Waals surface area contributed by atoms with Crippen molar-refractivity contribution in [2.24, 2.45) is 0 Å². The quantitative estimate of drug-likeness (QED) is 0.806. The number of thioether (sulfide) groups is 1. The summed E-state index contributed by atoms with van der Waals surface area (Å²) in [7, 11) is 0. The van der Waals surface area contributed by atoms with Gasteiger partial charge in [-0.15, -0.1) is 0 Å². The second-order valence-electron chi connectivity index (χ2n) is 4.87. The molecule has 104 valence electrons. The van der Waals surface area contributed by atoms with Crippen molar-refractivity contribution in [2.75, 3.05) is 5.75 Å². The molecule has 0 radical (unpaired) electrons. The number of hydrogen-bond acceptors (Lipinski definition) is 5. The number of benzene rings is 1. The topological polar surface area (TPSA) is 56.0 Å². The monoisotopic (exact) mass is 288 g/mol. The van der Waals surface area contributed by atoms with Crippen LogP contribution in [-0.4, -0.2) is 21.7 Å². The molecule has 5 heteroatoms. The molecular formula is C15H16N2O2S. The van der Waals surface area contributed by atoms with Crippen molar-refractivity contribution < 1.29 is 9.32 Å². The highest BCUT2D eigenvalue weighted by Gasteiger charge is 2.22. The Kier molecular flexibility index (Phi) is 4.16. The van der Waals surface area contributed by atoms with Gasteiger partial charge in [-0.3, -0.25) is 4.79 Å². The van der Waals surface area contributed by atoms with E-state index in [1.54, 1.807) is 12.1 Å².